The van der Waals surface area contributed by atoms with Gasteiger partial charge >= 0.3 is 5.97 Å². The molecule has 0 N–H and O–H groups in total. The van der Waals surface area contributed by atoms with Crippen LogP contribution < -0.4 is 0 Å². The third-order valence-corrected chi connectivity index (χ3v) is 5.33. The Hall–Kier alpha value is -2.73. The van der Waals surface area contributed by atoms with Crippen molar-refractivity contribution in [2.24, 2.45) is 0 Å². The van der Waals surface area contributed by atoms with Gasteiger partial charge in [-0.2, -0.15) is 0 Å². The molecule has 5 nitrogen and oxygen atoms in total. The average Bonchev–Trinajstić information content (AvgIpc) is 3.37. The van der Waals surface area contributed by atoms with Crippen molar-refractivity contribution in [2.75, 3.05) is 13.1 Å². The highest BCUT2D eigenvalue weighted by molar-refractivity contribution is 7.16. The SMILES string of the molecule is O=C(O[C@@H](C(=O)N1CCCC1)c1ccccc1)c1ccc2ncsc2c1. The van der Waals surface area contributed by atoms with Crippen LogP contribution in [0.15, 0.2) is 54.0 Å². The fourth-order valence-electron chi connectivity index (χ4n) is 3.15. The molecule has 0 spiro atoms. The van der Waals surface area contributed by atoms with Crippen molar-refractivity contribution in [1.29, 1.82) is 0 Å². The van der Waals surface area contributed by atoms with Gasteiger partial charge in [0.15, 0.2) is 0 Å². The lowest BCUT2D eigenvalue weighted by atomic mass is 10.1. The molecule has 0 unspecified atom stereocenters. The normalized spacial score (nSPS) is 15.2. The minimum atomic E-state index is -0.918. The fraction of sp³-hybridized carbons (Fsp3) is 0.250. The zero-order chi connectivity index (χ0) is 17.9. The van der Waals surface area contributed by atoms with Gasteiger partial charge in [0.2, 0.25) is 6.10 Å². The van der Waals surface area contributed by atoms with Crippen LogP contribution in [0.3, 0.4) is 0 Å². The third-order valence-electron chi connectivity index (χ3n) is 4.54. The average molecular weight is 366 g/mol. The van der Waals surface area contributed by atoms with Crippen molar-refractivity contribution in [3.05, 3.63) is 65.2 Å². The summed E-state index contributed by atoms with van der Waals surface area (Å²) >= 11 is 1.47. The largest absolute Gasteiger partial charge is 0.444 e. The molecule has 1 atom stereocenters. The number of carbonyl (C=O) groups excluding carboxylic acids is 2. The molecule has 0 saturated carbocycles. The zero-order valence-corrected chi connectivity index (χ0v) is 14.9. The van der Waals surface area contributed by atoms with Crippen LogP contribution in [0.1, 0.15) is 34.9 Å². The van der Waals surface area contributed by atoms with Crippen molar-refractivity contribution in [3.63, 3.8) is 0 Å². The highest BCUT2D eigenvalue weighted by Crippen LogP contribution is 2.25. The van der Waals surface area contributed by atoms with Crippen molar-refractivity contribution < 1.29 is 14.3 Å². The Balaban J connectivity index is 1.60. The maximum absolute atomic E-state index is 12.9. The summed E-state index contributed by atoms with van der Waals surface area (Å²) in [6.45, 7) is 1.43. The first kappa shape index (κ1) is 16.7. The standard InChI is InChI=1S/C20H18N2O3S/c23-19(22-10-4-5-11-22)18(14-6-2-1-3-7-14)25-20(24)15-8-9-16-17(12-15)26-13-21-16/h1-3,6-9,12-13,18H,4-5,10-11H2/t18-/m1/s1. The fourth-order valence-corrected chi connectivity index (χ4v) is 3.87. The highest BCUT2D eigenvalue weighted by Gasteiger charge is 2.31. The van der Waals surface area contributed by atoms with E-state index in [-0.39, 0.29) is 5.91 Å². The van der Waals surface area contributed by atoms with Gasteiger partial charge in [-0.25, -0.2) is 9.78 Å². The van der Waals surface area contributed by atoms with E-state index in [0.717, 1.165) is 23.1 Å². The molecule has 0 bridgehead atoms. The van der Waals surface area contributed by atoms with E-state index < -0.39 is 12.1 Å². The Bertz CT molecular complexity index is 932. The minimum Gasteiger partial charge on any atom is -0.444 e. The lowest BCUT2D eigenvalue weighted by Gasteiger charge is -2.23. The van der Waals surface area contributed by atoms with E-state index in [4.69, 9.17) is 4.74 Å². The molecule has 1 fully saturated rings. The number of hydrogen-bond donors (Lipinski definition) is 0. The molecule has 26 heavy (non-hydrogen) atoms. The molecule has 1 aliphatic heterocycles. The van der Waals surface area contributed by atoms with Crippen LogP contribution in [0.4, 0.5) is 0 Å². The van der Waals surface area contributed by atoms with E-state index in [1.54, 1.807) is 28.6 Å². The molecule has 0 aliphatic carbocycles. The van der Waals surface area contributed by atoms with Crippen LogP contribution in [-0.2, 0) is 9.53 Å². The van der Waals surface area contributed by atoms with Crippen LogP contribution >= 0.6 is 11.3 Å². The van der Waals surface area contributed by atoms with E-state index in [0.29, 0.717) is 24.2 Å². The van der Waals surface area contributed by atoms with E-state index in [1.165, 1.54) is 11.3 Å². The molecule has 2 aromatic carbocycles. The summed E-state index contributed by atoms with van der Waals surface area (Å²) in [7, 11) is 0. The Morgan fingerprint density at radius 2 is 1.85 bits per heavy atom. The summed E-state index contributed by atoms with van der Waals surface area (Å²) in [6.07, 6.45) is 1.06. The number of fused-ring (bicyclic) bond motifs is 1. The Kier molecular flexibility index (Phi) is 4.67. The number of nitrogens with zero attached hydrogens (tertiary/aromatic N) is 2. The van der Waals surface area contributed by atoms with E-state index in [9.17, 15) is 9.59 Å². The van der Waals surface area contributed by atoms with Crippen LogP contribution in [0.25, 0.3) is 10.2 Å². The third kappa shape index (κ3) is 3.32. The van der Waals surface area contributed by atoms with Gasteiger partial charge in [-0.1, -0.05) is 30.3 Å². The number of amides is 1. The zero-order valence-electron chi connectivity index (χ0n) is 14.1. The van der Waals surface area contributed by atoms with Gasteiger partial charge in [0.25, 0.3) is 5.91 Å². The topological polar surface area (TPSA) is 59.5 Å². The van der Waals surface area contributed by atoms with Gasteiger partial charge in [-0.3, -0.25) is 4.79 Å². The summed E-state index contributed by atoms with van der Waals surface area (Å²) in [5.74, 6) is -0.650. The molecule has 1 saturated heterocycles. The van der Waals surface area contributed by atoms with Crippen molar-refractivity contribution in [2.45, 2.75) is 18.9 Å². The highest BCUT2D eigenvalue weighted by atomic mass is 32.1. The number of rotatable bonds is 4. The number of likely N-dealkylation sites (tertiary alicyclic amines) is 1. The maximum atomic E-state index is 12.9. The number of hydrogen-bond acceptors (Lipinski definition) is 5. The Labute approximate surface area is 155 Å². The molecule has 1 aromatic heterocycles. The quantitative estimate of drug-likeness (QED) is 0.659. The number of thiazole rings is 1. The van der Waals surface area contributed by atoms with Crippen molar-refractivity contribution in [3.8, 4) is 0 Å². The summed E-state index contributed by atoms with van der Waals surface area (Å²) in [5, 5.41) is 0. The van der Waals surface area contributed by atoms with Gasteiger partial charge in [0, 0.05) is 18.7 Å². The molecule has 2 heterocycles. The van der Waals surface area contributed by atoms with Gasteiger partial charge in [-0.05, 0) is 31.0 Å². The number of ether oxygens (including phenoxy) is 1. The predicted octanol–water partition coefficient (Wildman–Crippen LogP) is 3.82. The van der Waals surface area contributed by atoms with Gasteiger partial charge < -0.3 is 9.64 Å². The molecule has 1 amide bonds. The molecule has 4 rings (SSSR count). The maximum Gasteiger partial charge on any atom is 0.339 e. The second-order valence-electron chi connectivity index (χ2n) is 6.26. The Morgan fingerprint density at radius 1 is 1.08 bits per heavy atom. The van der Waals surface area contributed by atoms with E-state index >= 15 is 0 Å². The van der Waals surface area contributed by atoms with Crippen LogP contribution in [-0.4, -0.2) is 34.8 Å². The number of aromatic nitrogens is 1. The van der Waals surface area contributed by atoms with Crippen LogP contribution in [0, 0.1) is 0 Å². The van der Waals surface area contributed by atoms with Crippen LogP contribution in [0.5, 0.6) is 0 Å². The first-order chi connectivity index (χ1) is 12.7. The molecule has 1 aliphatic rings. The van der Waals surface area contributed by atoms with Crippen molar-refractivity contribution in [1.82, 2.24) is 9.88 Å². The number of benzene rings is 2. The lowest BCUT2D eigenvalue weighted by Crippen LogP contribution is -2.34. The smallest absolute Gasteiger partial charge is 0.339 e. The first-order valence-corrected chi connectivity index (χ1v) is 9.48. The Morgan fingerprint density at radius 3 is 2.62 bits per heavy atom. The summed E-state index contributed by atoms with van der Waals surface area (Å²) in [6, 6.07) is 14.4. The molecule has 3 aromatic rings. The van der Waals surface area contributed by atoms with Gasteiger partial charge in [0.1, 0.15) is 0 Å². The second kappa shape index (κ2) is 7.25. The molecular formula is C20H18N2O3S. The van der Waals surface area contributed by atoms with Gasteiger partial charge in [0.05, 0.1) is 21.3 Å². The lowest BCUT2D eigenvalue weighted by molar-refractivity contribution is -0.140. The number of esters is 1. The number of carbonyl (C=O) groups is 2. The van der Waals surface area contributed by atoms with Crippen molar-refractivity contribution >= 4 is 33.4 Å². The molecule has 6 heteroatoms. The van der Waals surface area contributed by atoms with Gasteiger partial charge in [-0.15, -0.1) is 11.3 Å². The molecule has 0 radical (unpaired) electrons. The molecule has 132 valence electrons. The summed E-state index contributed by atoms with van der Waals surface area (Å²) in [4.78, 5) is 31.6. The predicted molar refractivity (Wildman–Crippen MR) is 100 cm³/mol. The van der Waals surface area contributed by atoms with E-state index in [2.05, 4.69) is 4.98 Å². The molecular weight excluding hydrogens is 348 g/mol. The summed E-state index contributed by atoms with van der Waals surface area (Å²) < 4.78 is 6.59. The first-order valence-electron chi connectivity index (χ1n) is 8.60. The minimum absolute atomic E-state index is 0.152. The van der Waals surface area contributed by atoms with Crippen LogP contribution in [0.2, 0.25) is 0 Å². The summed E-state index contributed by atoms with van der Waals surface area (Å²) in [5.41, 5.74) is 3.71. The van der Waals surface area contributed by atoms with E-state index in [1.807, 2.05) is 30.3 Å². The monoisotopic (exact) mass is 366 g/mol. The second-order valence-corrected chi connectivity index (χ2v) is 7.15.